The van der Waals surface area contributed by atoms with Crippen molar-refractivity contribution >= 4 is 5.97 Å². The molecule has 0 spiro atoms. The molecule has 1 aliphatic rings. The molecule has 1 saturated heterocycles. The second-order valence-electron chi connectivity index (χ2n) is 4.85. The van der Waals surface area contributed by atoms with Gasteiger partial charge in [-0.2, -0.15) is 4.98 Å². The highest BCUT2D eigenvalue weighted by atomic mass is 16.5. The monoisotopic (exact) mass is 273 g/mol. The summed E-state index contributed by atoms with van der Waals surface area (Å²) in [7, 11) is 0. The molecule has 1 aromatic heterocycles. The highest BCUT2D eigenvalue weighted by Gasteiger charge is 2.31. The van der Waals surface area contributed by atoms with Gasteiger partial charge in [0, 0.05) is 5.56 Å². The maximum absolute atomic E-state index is 11.1. The Bertz CT molecular complexity index is 597. The summed E-state index contributed by atoms with van der Waals surface area (Å²) in [5.74, 6) is 0.206. The fraction of sp³-hybridized carbons (Fsp3) is 0.357. The molecule has 3 rings (SSSR count). The van der Waals surface area contributed by atoms with Crippen molar-refractivity contribution in [3.8, 4) is 11.5 Å². The molecule has 1 fully saturated rings. The molecule has 1 aliphatic heterocycles. The van der Waals surface area contributed by atoms with Crippen LogP contribution >= 0.6 is 0 Å². The van der Waals surface area contributed by atoms with E-state index in [1.54, 1.807) is 0 Å². The summed E-state index contributed by atoms with van der Waals surface area (Å²) in [4.78, 5) is 17.3. The van der Waals surface area contributed by atoms with Crippen LogP contribution in [0.25, 0.3) is 11.5 Å². The quantitative estimate of drug-likeness (QED) is 0.914. The van der Waals surface area contributed by atoms with Gasteiger partial charge in [0.25, 0.3) is 5.89 Å². The predicted molar refractivity (Wildman–Crippen MR) is 70.8 cm³/mol. The number of nitrogens with zero attached hydrogens (tertiary/aromatic N) is 3. The summed E-state index contributed by atoms with van der Waals surface area (Å²) in [6.45, 7) is 1.17. The molecule has 1 N–H and O–H groups in total. The Hall–Kier alpha value is -2.21. The maximum atomic E-state index is 11.1. The van der Waals surface area contributed by atoms with Gasteiger partial charge in [-0.05, 0) is 31.5 Å². The molecule has 6 nitrogen and oxygen atoms in total. The Morgan fingerprint density at radius 2 is 2.20 bits per heavy atom. The van der Waals surface area contributed by atoms with Gasteiger partial charge in [0.2, 0.25) is 0 Å². The van der Waals surface area contributed by atoms with Gasteiger partial charge >= 0.3 is 5.97 Å². The molecule has 0 radical (unpaired) electrons. The zero-order valence-corrected chi connectivity index (χ0v) is 10.9. The van der Waals surface area contributed by atoms with E-state index in [1.165, 1.54) is 0 Å². The lowest BCUT2D eigenvalue weighted by Gasteiger charge is -2.18. The van der Waals surface area contributed by atoms with E-state index >= 15 is 0 Å². The number of aromatic nitrogens is 2. The lowest BCUT2D eigenvalue weighted by molar-refractivity contribution is -0.142. The number of hydrogen-bond acceptors (Lipinski definition) is 5. The molecule has 0 bridgehead atoms. The van der Waals surface area contributed by atoms with Crippen molar-refractivity contribution in [3.63, 3.8) is 0 Å². The second kappa shape index (κ2) is 5.42. The van der Waals surface area contributed by atoms with E-state index in [0.717, 1.165) is 18.5 Å². The molecule has 1 atom stereocenters. The van der Waals surface area contributed by atoms with Crippen LogP contribution in [-0.4, -0.2) is 38.7 Å². The van der Waals surface area contributed by atoms with Gasteiger partial charge in [-0.25, -0.2) is 0 Å². The maximum Gasteiger partial charge on any atom is 0.320 e. The number of likely N-dealkylation sites (tertiary alicyclic amines) is 1. The van der Waals surface area contributed by atoms with Crippen LogP contribution in [0.15, 0.2) is 34.9 Å². The molecule has 0 saturated carbocycles. The van der Waals surface area contributed by atoms with Gasteiger partial charge < -0.3 is 9.63 Å². The first-order chi connectivity index (χ1) is 9.74. The predicted octanol–water partition coefficient (Wildman–Crippen LogP) is 1.79. The average Bonchev–Trinajstić information content (AvgIpc) is 3.09. The van der Waals surface area contributed by atoms with Crippen molar-refractivity contribution in [2.24, 2.45) is 0 Å². The fourth-order valence-corrected chi connectivity index (χ4v) is 2.49. The largest absolute Gasteiger partial charge is 0.480 e. The molecular formula is C14H15N3O3. The summed E-state index contributed by atoms with van der Waals surface area (Å²) < 4.78 is 5.22. The van der Waals surface area contributed by atoms with Gasteiger partial charge in [-0.15, -0.1) is 0 Å². The van der Waals surface area contributed by atoms with Crippen LogP contribution in [0.2, 0.25) is 0 Å². The minimum absolute atomic E-state index is 0.410. The molecule has 1 aromatic carbocycles. The van der Waals surface area contributed by atoms with Crippen molar-refractivity contribution in [2.45, 2.75) is 25.4 Å². The summed E-state index contributed by atoms with van der Waals surface area (Å²) >= 11 is 0. The zero-order chi connectivity index (χ0) is 13.9. The van der Waals surface area contributed by atoms with Crippen molar-refractivity contribution in [1.82, 2.24) is 15.0 Å². The first-order valence-corrected chi connectivity index (χ1v) is 6.59. The van der Waals surface area contributed by atoms with Gasteiger partial charge in [-0.1, -0.05) is 23.4 Å². The third-order valence-corrected chi connectivity index (χ3v) is 3.48. The fourth-order valence-electron chi connectivity index (χ4n) is 2.49. The van der Waals surface area contributed by atoms with Crippen LogP contribution in [0.5, 0.6) is 0 Å². The number of benzene rings is 1. The minimum Gasteiger partial charge on any atom is -0.480 e. The smallest absolute Gasteiger partial charge is 0.320 e. The number of carbonyl (C=O) groups is 1. The molecule has 1 unspecified atom stereocenters. The highest BCUT2D eigenvalue weighted by molar-refractivity contribution is 5.73. The van der Waals surface area contributed by atoms with E-state index in [4.69, 9.17) is 9.63 Å². The second-order valence-corrected chi connectivity index (χ2v) is 4.85. The van der Waals surface area contributed by atoms with Crippen molar-refractivity contribution in [2.75, 3.05) is 6.54 Å². The Kier molecular flexibility index (Phi) is 3.47. The molecule has 20 heavy (non-hydrogen) atoms. The van der Waals surface area contributed by atoms with Crippen LogP contribution in [-0.2, 0) is 11.3 Å². The summed E-state index contributed by atoms with van der Waals surface area (Å²) in [5.41, 5.74) is 0.863. The third-order valence-electron chi connectivity index (χ3n) is 3.48. The Labute approximate surface area is 116 Å². The summed E-state index contributed by atoms with van der Waals surface area (Å²) in [6, 6.07) is 9.08. The van der Waals surface area contributed by atoms with E-state index in [2.05, 4.69) is 10.1 Å². The molecule has 6 heteroatoms. The lowest BCUT2D eigenvalue weighted by atomic mass is 10.2. The summed E-state index contributed by atoms with van der Waals surface area (Å²) in [6.07, 6.45) is 1.57. The number of hydrogen-bond donors (Lipinski definition) is 1. The molecule has 2 heterocycles. The number of carboxylic acids is 1. The average molecular weight is 273 g/mol. The molecular weight excluding hydrogens is 258 g/mol. The Morgan fingerprint density at radius 3 is 2.95 bits per heavy atom. The van der Waals surface area contributed by atoms with Crippen LogP contribution in [0.1, 0.15) is 18.7 Å². The van der Waals surface area contributed by atoms with Crippen LogP contribution in [0.4, 0.5) is 0 Å². The molecule has 0 aliphatic carbocycles. The minimum atomic E-state index is -0.783. The van der Waals surface area contributed by atoms with E-state index < -0.39 is 12.0 Å². The van der Waals surface area contributed by atoms with E-state index in [9.17, 15) is 4.79 Å². The van der Waals surface area contributed by atoms with E-state index in [1.807, 2.05) is 35.2 Å². The SMILES string of the molecule is O=C(O)C1CCCN1Cc1noc(-c2ccccc2)n1. The molecule has 0 amide bonds. The van der Waals surface area contributed by atoms with E-state index in [0.29, 0.717) is 24.7 Å². The van der Waals surface area contributed by atoms with Crippen molar-refractivity contribution in [1.29, 1.82) is 0 Å². The highest BCUT2D eigenvalue weighted by Crippen LogP contribution is 2.21. The van der Waals surface area contributed by atoms with Crippen molar-refractivity contribution < 1.29 is 14.4 Å². The van der Waals surface area contributed by atoms with Crippen molar-refractivity contribution in [3.05, 3.63) is 36.2 Å². The number of carboxylic acid groups (broad SMARTS) is 1. The first kappa shape index (κ1) is 12.8. The molecule has 2 aromatic rings. The van der Waals surface area contributed by atoms with Gasteiger partial charge in [0.15, 0.2) is 5.82 Å². The van der Waals surface area contributed by atoms with Crippen LogP contribution < -0.4 is 0 Å². The lowest BCUT2D eigenvalue weighted by Crippen LogP contribution is -2.35. The number of aliphatic carboxylic acids is 1. The Morgan fingerprint density at radius 1 is 1.40 bits per heavy atom. The Balaban J connectivity index is 1.73. The van der Waals surface area contributed by atoms with Gasteiger partial charge in [-0.3, -0.25) is 9.69 Å². The van der Waals surface area contributed by atoms with Crippen LogP contribution in [0, 0.1) is 0 Å². The summed E-state index contributed by atoms with van der Waals surface area (Å²) in [5, 5.41) is 13.1. The van der Waals surface area contributed by atoms with Gasteiger partial charge in [0.1, 0.15) is 6.04 Å². The zero-order valence-electron chi connectivity index (χ0n) is 10.9. The van der Waals surface area contributed by atoms with Crippen LogP contribution in [0.3, 0.4) is 0 Å². The number of rotatable bonds is 4. The topological polar surface area (TPSA) is 79.5 Å². The van der Waals surface area contributed by atoms with Gasteiger partial charge in [0.05, 0.1) is 6.54 Å². The van der Waals surface area contributed by atoms with E-state index in [-0.39, 0.29) is 0 Å². The third kappa shape index (κ3) is 2.55. The molecule has 104 valence electrons. The standard InChI is InChI=1S/C14H15N3O3/c18-14(19)11-7-4-8-17(11)9-12-15-13(20-16-12)10-5-2-1-3-6-10/h1-3,5-6,11H,4,7-9H2,(H,18,19). The normalized spacial score (nSPS) is 19.3. The first-order valence-electron chi connectivity index (χ1n) is 6.59.